The maximum Gasteiger partial charge on any atom is 0.222 e. The Labute approximate surface area is 165 Å². The van der Waals surface area contributed by atoms with Gasteiger partial charge in [0.05, 0.1) is 5.69 Å². The Balaban J connectivity index is 0.00000156. The molecule has 0 saturated heterocycles. The molecule has 1 aromatic carbocycles. The second-order valence-corrected chi connectivity index (χ2v) is 7.02. The fraction of sp³-hybridized carbons (Fsp3) is 0.412. The normalized spacial score (nSPS) is 18.5. The number of aromatic nitrogens is 2. The summed E-state index contributed by atoms with van der Waals surface area (Å²) in [7, 11) is 2.03. The highest BCUT2D eigenvalue weighted by molar-refractivity contribution is 7.98. The zero-order chi connectivity index (χ0) is 16.4. The molecular formula is C17H25Cl2N5S. The van der Waals surface area contributed by atoms with Crippen LogP contribution >= 0.6 is 36.6 Å². The number of thioether (sulfide) groups is 1. The molecule has 8 heteroatoms. The summed E-state index contributed by atoms with van der Waals surface area (Å²) >= 11 is 1.75. The van der Waals surface area contributed by atoms with Crippen LogP contribution in [0.4, 0.5) is 11.8 Å². The molecule has 2 aromatic rings. The first-order chi connectivity index (χ1) is 11.0. The maximum atomic E-state index is 5.90. The molecule has 4 N–H and O–H groups in total. The number of hydrogen-bond acceptors (Lipinski definition) is 6. The van der Waals surface area contributed by atoms with Crippen molar-refractivity contribution in [2.75, 3.05) is 23.9 Å². The van der Waals surface area contributed by atoms with Gasteiger partial charge >= 0.3 is 0 Å². The van der Waals surface area contributed by atoms with Gasteiger partial charge in [-0.2, -0.15) is 4.98 Å². The Morgan fingerprint density at radius 3 is 2.56 bits per heavy atom. The van der Waals surface area contributed by atoms with Crippen LogP contribution in [0.15, 0.2) is 35.2 Å². The van der Waals surface area contributed by atoms with E-state index in [0.717, 1.165) is 30.9 Å². The summed E-state index contributed by atoms with van der Waals surface area (Å²) in [4.78, 5) is 12.2. The number of hydrogen-bond donors (Lipinski definition) is 2. The smallest absolute Gasteiger partial charge is 0.222 e. The second-order valence-electron chi connectivity index (χ2n) is 6.15. The van der Waals surface area contributed by atoms with Crippen LogP contribution in [-0.4, -0.2) is 29.3 Å². The van der Waals surface area contributed by atoms with Crippen molar-refractivity contribution in [1.82, 2.24) is 9.97 Å². The monoisotopic (exact) mass is 401 g/mol. The minimum atomic E-state index is 0. The fourth-order valence-corrected chi connectivity index (χ4v) is 3.39. The van der Waals surface area contributed by atoms with Crippen molar-refractivity contribution >= 4 is 48.3 Å². The molecule has 25 heavy (non-hydrogen) atoms. The van der Waals surface area contributed by atoms with Gasteiger partial charge in [-0.25, -0.2) is 4.98 Å². The summed E-state index contributed by atoms with van der Waals surface area (Å²) in [5, 5.41) is 0. The molecule has 1 aliphatic rings. The molecule has 0 atom stereocenters. The van der Waals surface area contributed by atoms with Crippen LogP contribution in [0.5, 0.6) is 0 Å². The van der Waals surface area contributed by atoms with E-state index in [1.54, 1.807) is 11.8 Å². The van der Waals surface area contributed by atoms with Crippen LogP contribution in [0.1, 0.15) is 30.0 Å². The standard InChI is InChI=1S/C17H23N5S.2ClH/c1-22(10-11-4-3-5-14(6-11)23-2)16-9-15(20-17(19)21-16)12-7-13(18)8-12;;/h3-6,9,12-13H,7-8,10,18H2,1-2H3,(H2,19,20,21);2*1H. The molecule has 0 bridgehead atoms. The van der Waals surface area contributed by atoms with Crippen LogP contribution in [0.25, 0.3) is 0 Å². The van der Waals surface area contributed by atoms with Crippen molar-refractivity contribution in [3.05, 3.63) is 41.6 Å². The lowest BCUT2D eigenvalue weighted by atomic mass is 9.78. The summed E-state index contributed by atoms with van der Waals surface area (Å²) in [6.45, 7) is 0.786. The highest BCUT2D eigenvalue weighted by atomic mass is 35.5. The largest absolute Gasteiger partial charge is 0.368 e. The molecule has 1 fully saturated rings. The lowest BCUT2D eigenvalue weighted by molar-refractivity contribution is 0.345. The zero-order valence-corrected chi connectivity index (χ0v) is 16.8. The molecule has 0 spiro atoms. The van der Waals surface area contributed by atoms with Gasteiger partial charge in [-0.05, 0) is 36.8 Å². The Hall–Kier alpha value is -1.21. The Kier molecular flexibility index (Phi) is 8.28. The van der Waals surface area contributed by atoms with Crippen LogP contribution < -0.4 is 16.4 Å². The lowest BCUT2D eigenvalue weighted by Gasteiger charge is -2.32. The van der Waals surface area contributed by atoms with Gasteiger partial charge < -0.3 is 16.4 Å². The molecular weight excluding hydrogens is 377 g/mol. The molecule has 0 aliphatic heterocycles. The molecule has 0 unspecified atom stereocenters. The SMILES string of the molecule is CSc1cccc(CN(C)c2cc(C3CC(N)C3)nc(N)n2)c1.Cl.Cl. The minimum absolute atomic E-state index is 0. The van der Waals surface area contributed by atoms with Crippen molar-refractivity contribution in [3.63, 3.8) is 0 Å². The molecule has 138 valence electrons. The topological polar surface area (TPSA) is 81.1 Å². The van der Waals surface area contributed by atoms with Crippen molar-refractivity contribution < 1.29 is 0 Å². The molecule has 1 aliphatic carbocycles. The highest BCUT2D eigenvalue weighted by Crippen LogP contribution is 2.35. The van der Waals surface area contributed by atoms with Gasteiger partial charge in [0.1, 0.15) is 5.82 Å². The predicted octanol–water partition coefficient (Wildman–Crippen LogP) is 3.47. The van der Waals surface area contributed by atoms with Gasteiger partial charge in [-0.3, -0.25) is 0 Å². The van der Waals surface area contributed by atoms with Gasteiger partial charge in [0, 0.05) is 36.5 Å². The number of nitrogens with zero attached hydrogens (tertiary/aromatic N) is 3. The first-order valence-corrected chi connectivity index (χ1v) is 9.01. The number of nitrogens with two attached hydrogens (primary N) is 2. The number of halogens is 2. The predicted molar refractivity (Wildman–Crippen MR) is 111 cm³/mol. The average Bonchev–Trinajstić information content (AvgIpc) is 2.51. The summed E-state index contributed by atoms with van der Waals surface area (Å²) in [5.74, 6) is 1.62. The van der Waals surface area contributed by atoms with Crippen molar-refractivity contribution in [2.24, 2.45) is 5.73 Å². The van der Waals surface area contributed by atoms with Gasteiger partial charge in [0.15, 0.2) is 0 Å². The van der Waals surface area contributed by atoms with E-state index in [2.05, 4.69) is 45.4 Å². The Morgan fingerprint density at radius 2 is 1.92 bits per heavy atom. The molecule has 3 rings (SSSR count). The van der Waals surface area contributed by atoms with E-state index in [1.807, 2.05) is 13.1 Å². The Morgan fingerprint density at radius 1 is 1.20 bits per heavy atom. The number of nitrogen functional groups attached to an aromatic ring is 1. The fourth-order valence-electron chi connectivity index (χ4n) is 2.91. The molecule has 1 saturated carbocycles. The van der Waals surface area contributed by atoms with Crippen molar-refractivity contribution in [2.45, 2.75) is 36.2 Å². The number of rotatable bonds is 5. The van der Waals surface area contributed by atoms with Crippen molar-refractivity contribution in [3.8, 4) is 0 Å². The van der Waals surface area contributed by atoms with E-state index in [4.69, 9.17) is 11.5 Å². The third kappa shape index (κ3) is 5.38. The van der Waals surface area contributed by atoms with E-state index in [-0.39, 0.29) is 24.8 Å². The molecule has 0 amide bonds. The third-order valence-corrected chi connectivity index (χ3v) is 5.01. The molecule has 1 aromatic heterocycles. The van der Waals surface area contributed by atoms with Gasteiger partial charge in [-0.15, -0.1) is 36.6 Å². The van der Waals surface area contributed by atoms with Crippen LogP contribution in [0.2, 0.25) is 0 Å². The third-order valence-electron chi connectivity index (χ3n) is 4.29. The van der Waals surface area contributed by atoms with Crippen LogP contribution in [0.3, 0.4) is 0 Å². The van der Waals surface area contributed by atoms with E-state index in [1.165, 1.54) is 10.5 Å². The maximum absolute atomic E-state index is 5.90. The van der Waals surface area contributed by atoms with Crippen LogP contribution in [-0.2, 0) is 6.54 Å². The first-order valence-electron chi connectivity index (χ1n) is 7.79. The quantitative estimate of drug-likeness (QED) is 0.746. The lowest BCUT2D eigenvalue weighted by Crippen LogP contribution is -2.35. The summed E-state index contributed by atoms with van der Waals surface area (Å²) in [6.07, 6.45) is 4.05. The van der Waals surface area contributed by atoms with E-state index < -0.39 is 0 Å². The second kappa shape index (κ2) is 9.48. The molecule has 0 radical (unpaired) electrons. The van der Waals surface area contributed by atoms with E-state index in [0.29, 0.717) is 17.9 Å². The molecule has 5 nitrogen and oxygen atoms in total. The summed E-state index contributed by atoms with van der Waals surface area (Å²) in [5.41, 5.74) is 14.1. The minimum Gasteiger partial charge on any atom is -0.368 e. The van der Waals surface area contributed by atoms with Gasteiger partial charge in [0.25, 0.3) is 0 Å². The zero-order valence-electron chi connectivity index (χ0n) is 14.4. The number of benzene rings is 1. The van der Waals surface area contributed by atoms with Gasteiger partial charge in [0.2, 0.25) is 5.95 Å². The highest BCUT2D eigenvalue weighted by Gasteiger charge is 2.29. The molecule has 1 heterocycles. The Bertz CT molecular complexity index is 694. The number of anilines is 2. The van der Waals surface area contributed by atoms with E-state index >= 15 is 0 Å². The summed E-state index contributed by atoms with van der Waals surface area (Å²) in [6, 6.07) is 10.9. The first kappa shape index (κ1) is 21.8. The summed E-state index contributed by atoms with van der Waals surface area (Å²) < 4.78 is 0. The van der Waals surface area contributed by atoms with Crippen molar-refractivity contribution in [1.29, 1.82) is 0 Å². The average molecular weight is 402 g/mol. The van der Waals surface area contributed by atoms with Gasteiger partial charge in [-0.1, -0.05) is 12.1 Å². The van der Waals surface area contributed by atoms with E-state index in [9.17, 15) is 0 Å². The van der Waals surface area contributed by atoms with Crippen LogP contribution in [0, 0.1) is 0 Å².